The number of nitrogens with zero attached hydrogens (tertiary/aromatic N) is 1. The molecule has 0 atom stereocenters. The summed E-state index contributed by atoms with van der Waals surface area (Å²) in [6, 6.07) is 13.5. The standard InChI is InChI=1S/C22H23N3O6/c1-2-23-21(28)15-7-5-8-16(13-15)24-19(26)14-30-20(27)11-6-12-25-17-9-3-4-10-18(17)31-22(25)29/h3-5,7-10,13H,2,6,11-12,14H2,1H3,(H,23,28)(H,24,26). The predicted molar refractivity (Wildman–Crippen MR) is 114 cm³/mol. The van der Waals surface area contributed by atoms with Crippen molar-refractivity contribution in [2.45, 2.75) is 26.3 Å². The first kappa shape index (κ1) is 21.8. The molecule has 0 bridgehead atoms. The third-order valence-electron chi connectivity index (χ3n) is 4.45. The molecule has 0 aliphatic carbocycles. The lowest BCUT2D eigenvalue weighted by molar-refractivity contribution is -0.147. The van der Waals surface area contributed by atoms with Crippen molar-refractivity contribution in [2.75, 3.05) is 18.5 Å². The van der Waals surface area contributed by atoms with Gasteiger partial charge in [-0.2, -0.15) is 0 Å². The summed E-state index contributed by atoms with van der Waals surface area (Å²) in [5.74, 6) is -1.79. The van der Waals surface area contributed by atoms with Gasteiger partial charge in [-0.1, -0.05) is 18.2 Å². The van der Waals surface area contributed by atoms with E-state index in [9.17, 15) is 19.2 Å². The molecule has 31 heavy (non-hydrogen) atoms. The Balaban J connectivity index is 1.44. The number of amides is 2. The molecule has 0 unspecified atom stereocenters. The van der Waals surface area contributed by atoms with Gasteiger partial charge in [-0.15, -0.1) is 0 Å². The van der Waals surface area contributed by atoms with Gasteiger partial charge < -0.3 is 19.8 Å². The van der Waals surface area contributed by atoms with E-state index in [1.165, 1.54) is 10.6 Å². The molecule has 1 heterocycles. The van der Waals surface area contributed by atoms with Crippen molar-refractivity contribution in [3.8, 4) is 0 Å². The third-order valence-corrected chi connectivity index (χ3v) is 4.45. The van der Waals surface area contributed by atoms with Gasteiger partial charge in [-0.3, -0.25) is 19.0 Å². The lowest BCUT2D eigenvalue weighted by Crippen LogP contribution is -2.23. The molecule has 0 aliphatic rings. The van der Waals surface area contributed by atoms with Crippen LogP contribution in [0.5, 0.6) is 0 Å². The molecule has 2 aromatic carbocycles. The Morgan fingerprint density at radius 2 is 1.90 bits per heavy atom. The van der Waals surface area contributed by atoms with Crippen molar-refractivity contribution in [3.63, 3.8) is 0 Å². The highest BCUT2D eigenvalue weighted by Gasteiger charge is 2.12. The van der Waals surface area contributed by atoms with E-state index >= 15 is 0 Å². The number of aromatic nitrogens is 1. The number of para-hydroxylation sites is 2. The van der Waals surface area contributed by atoms with E-state index in [0.29, 0.717) is 41.9 Å². The zero-order valence-electron chi connectivity index (χ0n) is 17.1. The maximum Gasteiger partial charge on any atom is 0.419 e. The van der Waals surface area contributed by atoms with Crippen LogP contribution in [0.2, 0.25) is 0 Å². The number of carbonyl (C=O) groups is 3. The normalized spacial score (nSPS) is 10.6. The monoisotopic (exact) mass is 425 g/mol. The number of oxazole rings is 1. The molecule has 0 saturated heterocycles. The number of carbonyl (C=O) groups excluding carboxylic acids is 3. The quantitative estimate of drug-likeness (QED) is 0.508. The van der Waals surface area contributed by atoms with Crippen LogP contribution in [0.25, 0.3) is 11.1 Å². The first-order valence-corrected chi connectivity index (χ1v) is 9.90. The Labute approximate surface area is 178 Å². The van der Waals surface area contributed by atoms with Crippen molar-refractivity contribution in [1.29, 1.82) is 0 Å². The highest BCUT2D eigenvalue weighted by Crippen LogP contribution is 2.13. The number of hydrogen-bond acceptors (Lipinski definition) is 6. The smallest absolute Gasteiger partial charge is 0.419 e. The van der Waals surface area contributed by atoms with E-state index < -0.39 is 24.2 Å². The zero-order valence-corrected chi connectivity index (χ0v) is 17.1. The van der Waals surface area contributed by atoms with Crippen molar-refractivity contribution < 1.29 is 23.5 Å². The van der Waals surface area contributed by atoms with E-state index in [4.69, 9.17) is 9.15 Å². The van der Waals surface area contributed by atoms with Crippen LogP contribution in [0.15, 0.2) is 57.7 Å². The second-order valence-electron chi connectivity index (χ2n) is 6.74. The number of hydrogen-bond donors (Lipinski definition) is 2. The lowest BCUT2D eigenvalue weighted by atomic mass is 10.2. The summed E-state index contributed by atoms with van der Waals surface area (Å²) in [5, 5.41) is 5.26. The average Bonchev–Trinajstić information content (AvgIpc) is 3.08. The Hall–Kier alpha value is -3.88. The van der Waals surface area contributed by atoms with Crippen molar-refractivity contribution in [1.82, 2.24) is 9.88 Å². The summed E-state index contributed by atoms with van der Waals surface area (Å²) in [7, 11) is 0. The number of esters is 1. The minimum absolute atomic E-state index is 0.0475. The largest absolute Gasteiger partial charge is 0.456 e. The van der Waals surface area contributed by atoms with Crippen LogP contribution in [0.3, 0.4) is 0 Å². The Bertz CT molecular complexity index is 1150. The topological polar surface area (TPSA) is 120 Å². The summed E-state index contributed by atoms with van der Waals surface area (Å²) in [5.41, 5.74) is 1.99. The van der Waals surface area contributed by atoms with E-state index in [1.807, 2.05) is 6.92 Å². The summed E-state index contributed by atoms with van der Waals surface area (Å²) < 4.78 is 11.6. The highest BCUT2D eigenvalue weighted by molar-refractivity contribution is 5.97. The Kier molecular flexibility index (Phi) is 7.21. The molecule has 9 nitrogen and oxygen atoms in total. The van der Waals surface area contributed by atoms with Gasteiger partial charge in [0.25, 0.3) is 11.8 Å². The molecule has 162 valence electrons. The summed E-state index contributed by atoms with van der Waals surface area (Å²) in [6.07, 6.45) is 0.407. The van der Waals surface area contributed by atoms with Crippen molar-refractivity contribution >= 4 is 34.6 Å². The number of benzene rings is 2. The van der Waals surface area contributed by atoms with Gasteiger partial charge in [0.05, 0.1) is 5.52 Å². The molecule has 0 spiro atoms. The average molecular weight is 425 g/mol. The molecule has 2 amide bonds. The van der Waals surface area contributed by atoms with E-state index in [1.54, 1.807) is 42.5 Å². The van der Waals surface area contributed by atoms with Gasteiger partial charge >= 0.3 is 11.7 Å². The van der Waals surface area contributed by atoms with Crippen LogP contribution >= 0.6 is 0 Å². The number of aryl methyl sites for hydroxylation is 1. The zero-order chi connectivity index (χ0) is 22.2. The second kappa shape index (κ2) is 10.2. The molecular weight excluding hydrogens is 402 g/mol. The Morgan fingerprint density at radius 3 is 2.71 bits per heavy atom. The molecule has 9 heteroatoms. The van der Waals surface area contributed by atoms with E-state index in [2.05, 4.69) is 10.6 Å². The fourth-order valence-corrected chi connectivity index (χ4v) is 3.02. The van der Waals surface area contributed by atoms with Crippen LogP contribution in [-0.4, -0.2) is 35.5 Å². The van der Waals surface area contributed by atoms with Gasteiger partial charge in [0.15, 0.2) is 12.2 Å². The summed E-state index contributed by atoms with van der Waals surface area (Å²) in [4.78, 5) is 47.7. The molecule has 0 saturated carbocycles. The molecule has 2 N–H and O–H groups in total. The van der Waals surface area contributed by atoms with Crippen LogP contribution in [0, 0.1) is 0 Å². The van der Waals surface area contributed by atoms with Gasteiger partial charge in [0.1, 0.15) is 0 Å². The van der Waals surface area contributed by atoms with Gasteiger partial charge in [-0.25, -0.2) is 4.79 Å². The lowest BCUT2D eigenvalue weighted by Gasteiger charge is -2.08. The number of nitrogens with one attached hydrogen (secondary N) is 2. The molecule has 3 aromatic rings. The number of anilines is 1. The maximum atomic E-state index is 12.0. The second-order valence-corrected chi connectivity index (χ2v) is 6.74. The first-order valence-electron chi connectivity index (χ1n) is 9.90. The van der Waals surface area contributed by atoms with Crippen molar-refractivity contribution in [2.24, 2.45) is 0 Å². The molecule has 0 fully saturated rings. The van der Waals surface area contributed by atoms with Gasteiger partial charge in [0.2, 0.25) is 0 Å². The van der Waals surface area contributed by atoms with Crippen molar-refractivity contribution in [3.05, 3.63) is 64.6 Å². The molecule has 0 radical (unpaired) electrons. The van der Waals surface area contributed by atoms with Gasteiger partial charge in [0, 0.05) is 30.8 Å². The minimum Gasteiger partial charge on any atom is -0.456 e. The summed E-state index contributed by atoms with van der Waals surface area (Å²) >= 11 is 0. The SMILES string of the molecule is CCNC(=O)c1cccc(NC(=O)COC(=O)CCCn2c(=O)oc3ccccc32)c1. The minimum atomic E-state index is -0.549. The molecular formula is C22H23N3O6. The number of ether oxygens (including phenoxy) is 1. The maximum absolute atomic E-state index is 12.0. The van der Waals surface area contributed by atoms with Crippen LogP contribution in [0.4, 0.5) is 5.69 Å². The Morgan fingerprint density at radius 1 is 1.10 bits per heavy atom. The molecule has 0 aliphatic heterocycles. The van der Waals surface area contributed by atoms with E-state index in [0.717, 1.165) is 0 Å². The van der Waals surface area contributed by atoms with Crippen LogP contribution in [0.1, 0.15) is 30.1 Å². The number of fused-ring (bicyclic) bond motifs is 1. The highest BCUT2D eigenvalue weighted by atomic mass is 16.5. The summed E-state index contributed by atoms with van der Waals surface area (Å²) in [6.45, 7) is 2.16. The van der Waals surface area contributed by atoms with E-state index in [-0.39, 0.29) is 12.3 Å². The predicted octanol–water partition coefficient (Wildman–Crippen LogP) is 2.31. The fourth-order valence-electron chi connectivity index (χ4n) is 3.02. The number of rotatable bonds is 9. The first-order chi connectivity index (χ1) is 15.0. The fraction of sp³-hybridized carbons (Fsp3) is 0.273. The third kappa shape index (κ3) is 5.81. The van der Waals surface area contributed by atoms with Crippen LogP contribution in [-0.2, 0) is 20.9 Å². The molecule has 1 aromatic heterocycles. The molecule has 3 rings (SSSR count). The van der Waals surface area contributed by atoms with Crippen LogP contribution < -0.4 is 16.4 Å². The van der Waals surface area contributed by atoms with Gasteiger partial charge in [-0.05, 0) is 43.7 Å².